The lowest BCUT2D eigenvalue weighted by molar-refractivity contribution is -0.120. The number of hydrogen-bond acceptors (Lipinski definition) is 5. The standard InChI is InChI=1S/C24H27N3O4/c1-30-12-7-13-31-24(29)20-14-17-10-5-6-11-19(17)27(20)21-15-18(22(26-21)23(25)28)16-8-3-2-4-9-16/h2-6,8-11,14,18,21-22,26H,7,12-13,15H2,1H3,(H2,25,28)/t18-,21?,22+/m1/s1. The van der Waals surface area contributed by atoms with Gasteiger partial charge in [0, 0.05) is 31.4 Å². The van der Waals surface area contributed by atoms with Crippen molar-refractivity contribution in [2.45, 2.75) is 31.0 Å². The normalized spacial score (nSPS) is 20.7. The Kier molecular flexibility index (Phi) is 6.34. The Morgan fingerprint density at radius 1 is 1.10 bits per heavy atom. The molecule has 1 unspecified atom stereocenters. The maximum Gasteiger partial charge on any atom is 0.355 e. The maximum absolute atomic E-state index is 12.9. The molecule has 1 saturated heterocycles. The molecule has 0 saturated carbocycles. The molecule has 2 aromatic carbocycles. The van der Waals surface area contributed by atoms with Crippen molar-refractivity contribution in [2.75, 3.05) is 20.3 Å². The van der Waals surface area contributed by atoms with E-state index in [9.17, 15) is 9.59 Å². The highest BCUT2D eigenvalue weighted by atomic mass is 16.5. The Morgan fingerprint density at radius 3 is 2.58 bits per heavy atom. The summed E-state index contributed by atoms with van der Waals surface area (Å²) in [6.45, 7) is 0.808. The van der Waals surface area contributed by atoms with Gasteiger partial charge in [0.1, 0.15) is 5.69 Å². The number of nitrogens with two attached hydrogens (primary N) is 1. The van der Waals surface area contributed by atoms with Crippen molar-refractivity contribution in [1.29, 1.82) is 0 Å². The lowest BCUT2D eigenvalue weighted by Gasteiger charge is -2.18. The van der Waals surface area contributed by atoms with Crippen molar-refractivity contribution in [1.82, 2.24) is 9.88 Å². The molecule has 3 atom stereocenters. The summed E-state index contributed by atoms with van der Waals surface area (Å²) in [5.74, 6) is -0.889. The smallest absolute Gasteiger partial charge is 0.355 e. The zero-order valence-corrected chi connectivity index (χ0v) is 17.5. The van der Waals surface area contributed by atoms with E-state index in [-0.39, 0.29) is 18.7 Å². The van der Waals surface area contributed by atoms with E-state index in [2.05, 4.69) is 5.32 Å². The summed E-state index contributed by atoms with van der Waals surface area (Å²) < 4.78 is 12.4. The van der Waals surface area contributed by atoms with Crippen molar-refractivity contribution in [3.05, 3.63) is 71.9 Å². The van der Waals surface area contributed by atoms with Gasteiger partial charge in [-0.3, -0.25) is 10.1 Å². The number of nitrogens with one attached hydrogen (secondary N) is 1. The zero-order chi connectivity index (χ0) is 21.8. The van der Waals surface area contributed by atoms with Gasteiger partial charge in [0.05, 0.1) is 24.3 Å². The average Bonchev–Trinajstić information content (AvgIpc) is 3.39. The quantitative estimate of drug-likeness (QED) is 0.431. The van der Waals surface area contributed by atoms with Crippen LogP contribution in [-0.4, -0.2) is 42.8 Å². The number of nitrogens with zero attached hydrogens (tertiary/aromatic N) is 1. The van der Waals surface area contributed by atoms with Gasteiger partial charge in [0.25, 0.3) is 0 Å². The summed E-state index contributed by atoms with van der Waals surface area (Å²) >= 11 is 0. The number of aromatic nitrogens is 1. The van der Waals surface area contributed by atoms with Crippen molar-refractivity contribution in [3.63, 3.8) is 0 Å². The highest BCUT2D eigenvalue weighted by Crippen LogP contribution is 2.38. The number of benzene rings is 2. The second-order valence-electron chi connectivity index (χ2n) is 7.76. The van der Waals surface area contributed by atoms with Gasteiger partial charge in [-0.25, -0.2) is 4.79 Å². The van der Waals surface area contributed by atoms with Gasteiger partial charge in [0.15, 0.2) is 0 Å². The maximum atomic E-state index is 12.9. The third-order valence-electron chi connectivity index (χ3n) is 5.78. The molecule has 1 amide bonds. The minimum atomic E-state index is -0.529. The Hall–Kier alpha value is -3.16. The number of carbonyl (C=O) groups is 2. The fourth-order valence-electron chi connectivity index (χ4n) is 4.37. The van der Waals surface area contributed by atoms with E-state index < -0.39 is 17.9 Å². The van der Waals surface area contributed by atoms with Crippen LogP contribution in [0.4, 0.5) is 0 Å². The molecule has 1 fully saturated rings. The molecular formula is C24H27N3O4. The first-order valence-corrected chi connectivity index (χ1v) is 10.5. The lowest BCUT2D eigenvalue weighted by atomic mass is 9.91. The second kappa shape index (κ2) is 9.32. The summed E-state index contributed by atoms with van der Waals surface area (Å²) in [4.78, 5) is 25.2. The van der Waals surface area contributed by atoms with E-state index in [1.807, 2.05) is 65.2 Å². The highest BCUT2D eigenvalue weighted by Gasteiger charge is 2.40. The van der Waals surface area contributed by atoms with Gasteiger partial charge in [-0.1, -0.05) is 48.5 Å². The van der Waals surface area contributed by atoms with E-state index in [4.69, 9.17) is 15.2 Å². The SMILES string of the molecule is COCCCOC(=O)c1cc2ccccc2n1C1C[C@H](c2ccccc2)[C@@H](C(N)=O)N1. The van der Waals surface area contributed by atoms with Crippen molar-refractivity contribution < 1.29 is 19.1 Å². The number of ether oxygens (including phenoxy) is 2. The van der Waals surface area contributed by atoms with E-state index in [0.29, 0.717) is 25.1 Å². The molecule has 1 aliphatic rings. The van der Waals surface area contributed by atoms with Gasteiger partial charge in [0.2, 0.25) is 5.91 Å². The molecule has 1 aliphatic heterocycles. The Bertz CT molecular complexity index is 1060. The molecule has 31 heavy (non-hydrogen) atoms. The van der Waals surface area contributed by atoms with Crippen LogP contribution >= 0.6 is 0 Å². The number of esters is 1. The first kappa shape index (κ1) is 21.1. The average molecular weight is 421 g/mol. The molecule has 0 bridgehead atoms. The molecule has 162 valence electrons. The van der Waals surface area contributed by atoms with Crippen LogP contribution in [0.15, 0.2) is 60.7 Å². The number of hydrogen-bond donors (Lipinski definition) is 2. The van der Waals surface area contributed by atoms with Gasteiger partial charge in [-0.15, -0.1) is 0 Å². The van der Waals surface area contributed by atoms with Crippen LogP contribution in [0.1, 0.15) is 41.0 Å². The summed E-state index contributed by atoms with van der Waals surface area (Å²) in [6.07, 6.45) is 0.980. The molecule has 4 rings (SSSR count). The Labute approximate surface area is 181 Å². The number of para-hydroxylation sites is 1. The minimum Gasteiger partial charge on any atom is -0.461 e. The monoisotopic (exact) mass is 421 g/mol. The molecule has 0 aliphatic carbocycles. The number of methoxy groups -OCH3 is 1. The van der Waals surface area contributed by atoms with Crippen LogP contribution in [-0.2, 0) is 14.3 Å². The first-order valence-electron chi connectivity index (χ1n) is 10.5. The predicted octanol–water partition coefficient (Wildman–Crippen LogP) is 2.96. The van der Waals surface area contributed by atoms with Crippen molar-refractivity contribution >= 4 is 22.8 Å². The summed E-state index contributed by atoms with van der Waals surface area (Å²) in [6, 6.07) is 19.0. The molecule has 7 nitrogen and oxygen atoms in total. The largest absolute Gasteiger partial charge is 0.461 e. The number of fused-ring (bicyclic) bond motifs is 1. The second-order valence-corrected chi connectivity index (χ2v) is 7.76. The van der Waals surface area contributed by atoms with Gasteiger partial charge < -0.3 is 19.8 Å². The summed E-state index contributed by atoms with van der Waals surface area (Å²) in [5.41, 5.74) is 8.13. The van der Waals surface area contributed by atoms with Crippen LogP contribution in [0.3, 0.4) is 0 Å². The zero-order valence-electron chi connectivity index (χ0n) is 17.5. The van der Waals surface area contributed by atoms with Crippen molar-refractivity contribution in [3.8, 4) is 0 Å². The van der Waals surface area contributed by atoms with Gasteiger partial charge >= 0.3 is 5.97 Å². The topological polar surface area (TPSA) is 95.6 Å². The van der Waals surface area contributed by atoms with E-state index >= 15 is 0 Å². The fourth-order valence-corrected chi connectivity index (χ4v) is 4.37. The summed E-state index contributed by atoms with van der Waals surface area (Å²) in [5, 5.41) is 4.30. The van der Waals surface area contributed by atoms with Crippen LogP contribution in [0.5, 0.6) is 0 Å². The molecule has 0 spiro atoms. The predicted molar refractivity (Wildman–Crippen MR) is 118 cm³/mol. The van der Waals surface area contributed by atoms with Crippen molar-refractivity contribution in [2.24, 2.45) is 5.73 Å². The van der Waals surface area contributed by atoms with Gasteiger partial charge in [-0.2, -0.15) is 0 Å². The van der Waals surface area contributed by atoms with Crippen LogP contribution < -0.4 is 11.1 Å². The molecule has 7 heteroatoms. The molecule has 3 aromatic rings. The molecule has 3 N–H and O–H groups in total. The lowest BCUT2D eigenvalue weighted by Crippen LogP contribution is -2.41. The van der Waals surface area contributed by atoms with Crippen LogP contribution in [0.25, 0.3) is 10.9 Å². The highest BCUT2D eigenvalue weighted by molar-refractivity contribution is 5.96. The van der Waals surface area contributed by atoms with E-state index in [1.165, 1.54) is 0 Å². The molecule has 0 radical (unpaired) electrons. The Balaban J connectivity index is 1.68. The number of primary amides is 1. The third kappa shape index (κ3) is 4.33. The van der Waals surface area contributed by atoms with Gasteiger partial charge in [-0.05, 0) is 24.1 Å². The first-order chi connectivity index (χ1) is 15.1. The minimum absolute atomic E-state index is 0.0876. The van der Waals surface area contributed by atoms with Crippen LogP contribution in [0.2, 0.25) is 0 Å². The van der Waals surface area contributed by atoms with E-state index in [1.54, 1.807) is 7.11 Å². The van der Waals surface area contributed by atoms with Crippen LogP contribution in [0, 0.1) is 0 Å². The molecule has 1 aromatic heterocycles. The number of amides is 1. The fraction of sp³-hybridized carbons (Fsp3) is 0.333. The molecule has 2 heterocycles. The summed E-state index contributed by atoms with van der Waals surface area (Å²) in [7, 11) is 1.61. The third-order valence-corrected chi connectivity index (χ3v) is 5.78. The number of carbonyl (C=O) groups excluding carboxylic acids is 2. The molecular weight excluding hydrogens is 394 g/mol. The van der Waals surface area contributed by atoms with E-state index in [0.717, 1.165) is 16.5 Å². The Morgan fingerprint density at radius 2 is 1.84 bits per heavy atom. The number of rotatable bonds is 8.